The summed E-state index contributed by atoms with van der Waals surface area (Å²) in [5, 5.41) is 7.29. The van der Waals surface area contributed by atoms with Crippen molar-refractivity contribution in [3.05, 3.63) is 0 Å². The molecule has 0 atom stereocenters. The van der Waals surface area contributed by atoms with Crippen LogP contribution in [-0.4, -0.2) is 41.1 Å². The number of hydrogen-bond donors (Lipinski definition) is 1. The van der Waals surface area contributed by atoms with E-state index >= 15 is 0 Å². The van der Waals surface area contributed by atoms with Crippen molar-refractivity contribution in [3.8, 4) is 0 Å². The second kappa shape index (κ2) is 5.45. The number of alkyl halides is 13. The van der Waals surface area contributed by atoms with E-state index in [0.29, 0.717) is 0 Å². The molecule has 0 unspecified atom stereocenters. The Bertz CT molecular complexity index is 330. The second-order valence-corrected chi connectivity index (χ2v) is 3.34. The standard InChI is InChI=1S/C6HF13O.Ag/c7-1(8,3(11,12)5(15,16)17)2(9,10)4(13,14)6(18,19)20;/h20H;. The van der Waals surface area contributed by atoms with Crippen molar-refractivity contribution in [1.82, 2.24) is 0 Å². The van der Waals surface area contributed by atoms with Crippen LogP contribution in [0.2, 0.25) is 0 Å². The fraction of sp³-hybridized carbons (Fsp3) is 1.00. The predicted octanol–water partition coefficient (Wildman–Crippen LogP) is 3.67. The molecule has 0 bridgehead atoms. The van der Waals surface area contributed by atoms with Gasteiger partial charge < -0.3 is 5.11 Å². The largest absolute Gasteiger partial charge is 0.460 e. The average molecular weight is 444 g/mol. The Morgan fingerprint density at radius 3 is 0.857 bits per heavy atom. The summed E-state index contributed by atoms with van der Waals surface area (Å²) in [5.74, 6) is -31.2. The molecular weight excluding hydrogens is 443 g/mol. The van der Waals surface area contributed by atoms with Crippen molar-refractivity contribution in [2.45, 2.75) is 36.0 Å². The molecule has 133 valence electrons. The molecule has 0 fully saturated rings. The first kappa shape index (κ1) is 23.1. The van der Waals surface area contributed by atoms with Gasteiger partial charge in [0, 0.05) is 22.4 Å². The van der Waals surface area contributed by atoms with E-state index in [4.69, 9.17) is 5.11 Å². The van der Waals surface area contributed by atoms with Crippen molar-refractivity contribution >= 4 is 0 Å². The molecule has 0 rings (SSSR count). The monoisotopic (exact) mass is 443 g/mol. The summed E-state index contributed by atoms with van der Waals surface area (Å²) >= 11 is 0. The van der Waals surface area contributed by atoms with E-state index in [0.717, 1.165) is 0 Å². The fourth-order valence-electron chi connectivity index (χ4n) is 0.761. The molecule has 0 heterocycles. The summed E-state index contributed by atoms with van der Waals surface area (Å²) in [5.41, 5.74) is 0. The van der Waals surface area contributed by atoms with Gasteiger partial charge in [0.05, 0.1) is 0 Å². The molecule has 0 amide bonds. The zero-order valence-electron chi connectivity index (χ0n) is 8.66. The van der Waals surface area contributed by atoms with E-state index in [2.05, 4.69) is 0 Å². The summed E-state index contributed by atoms with van der Waals surface area (Å²) < 4.78 is 156. The minimum atomic E-state index is -7.96. The first-order chi connectivity index (χ1) is 8.25. The van der Waals surface area contributed by atoms with Gasteiger partial charge in [-0.15, -0.1) is 0 Å². The first-order valence-electron chi connectivity index (χ1n) is 3.93. The van der Waals surface area contributed by atoms with Crippen LogP contribution >= 0.6 is 0 Å². The maximum atomic E-state index is 12.4. The molecular formula is C6HAgF13O. The van der Waals surface area contributed by atoms with Gasteiger partial charge in [-0.3, -0.25) is 0 Å². The van der Waals surface area contributed by atoms with Crippen molar-refractivity contribution < 1.29 is 84.6 Å². The molecule has 0 aliphatic carbocycles. The van der Waals surface area contributed by atoms with Gasteiger partial charge in [0.15, 0.2) is 0 Å². The Kier molecular flexibility index (Phi) is 5.99. The van der Waals surface area contributed by atoms with E-state index in [9.17, 15) is 57.1 Å². The molecule has 0 aromatic rings. The Morgan fingerprint density at radius 2 is 0.667 bits per heavy atom. The first-order valence-corrected chi connectivity index (χ1v) is 3.93. The van der Waals surface area contributed by atoms with Gasteiger partial charge in [0.2, 0.25) is 0 Å². The summed E-state index contributed by atoms with van der Waals surface area (Å²) in [7, 11) is 0. The molecule has 0 aromatic heterocycles. The Labute approximate surface area is 121 Å². The van der Waals surface area contributed by atoms with E-state index in [1.165, 1.54) is 0 Å². The molecule has 1 N–H and O–H groups in total. The number of halogens is 13. The van der Waals surface area contributed by atoms with Crippen LogP contribution in [0.4, 0.5) is 57.1 Å². The quantitative estimate of drug-likeness (QED) is 0.519. The van der Waals surface area contributed by atoms with Gasteiger partial charge in [-0.05, 0) is 0 Å². The van der Waals surface area contributed by atoms with Crippen LogP contribution in [0.3, 0.4) is 0 Å². The molecule has 1 nitrogen and oxygen atoms in total. The van der Waals surface area contributed by atoms with Crippen LogP contribution in [0.5, 0.6) is 0 Å². The van der Waals surface area contributed by atoms with E-state index in [1.54, 1.807) is 0 Å². The molecule has 0 aliphatic heterocycles. The maximum Gasteiger partial charge on any atom is 0.460 e. The third-order valence-corrected chi connectivity index (χ3v) is 1.92. The van der Waals surface area contributed by atoms with Crippen LogP contribution in [0.15, 0.2) is 0 Å². The van der Waals surface area contributed by atoms with Gasteiger partial charge in [-0.1, -0.05) is 0 Å². The van der Waals surface area contributed by atoms with E-state index < -0.39 is 36.0 Å². The van der Waals surface area contributed by atoms with Gasteiger partial charge in [-0.2, -0.15) is 57.1 Å². The van der Waals surface area contributed by atoms with Gasteiger partial charge in [-0.25, -0.2) is 0 Å². The minimum absolute atomic E-state index is 0. The molecule has 0 saturated heterocycles. The van der Waals surface area contributed by atoms with Crippen LogP contribution in [0, 0.1) is 0 Å². The van der Waals surface area contributed by atoms with Crippen LogP contribution in [0.1, 0.15) is 0 Å². The molecule has 15 heteroatoms. The SMILES string of the molecule is OC(F)(F)C(F)(F)C(F)(F)C(F)(F)C(F)(F)C(F)(F)F.[Ag]. The summed E-state index contributed by atoms with van der Waals surface area (Å²) in [6, 6.07) is 0. The van der Waals surface area contributed by atoms with Crippen molar-refractivity contribution in [1.29, 1.82) is 0 Å². The fourth-order valence-corrected chi connectivity index (χ4v) is 0.761. The average Bonchev–Trinajstić information content (AvgIpc) is 2.12. The molecule has 0 spiro atoms. The molecule has 1 radical (unpaired) electrons. The van der Waals surface area contributed by atoms with Crippen LogP contribution < -0.4 is 0 Å². The zero-order chi connectivity index (χ0) is 17.0. The predicted molar refractivity (Wildman–Crippen MR) is 33.0 cm³/mol. The van der Waals surface area contributed by atoms with Crippen molar-refractivity contribution in [3.63, 3.8) is 0 Å². The summed E-state index contributed by atoms with van der Waals surface area (Å²) in [4.78, 5) is 0. The molecule has 0 saturated carbocycles. The Hall–Kier alpha value is -0.210. The number of hydrogen-bond acceptors (Lipinski definition) is 1. The topological polar surface area (TPSA) is 20.2 Å². The number of aliphatic hydroxyl groups is 1. The van der Waals surface area contributed by atoms with Gasteiger partial charge in [0.1, 0.15) is 0 Å². The van der Waals surface area contributed by atoms with E-state index in [-0.39, 0.29) is 22.4 Å². The summed E-state index contributed by atoms with van der Waals surface area (Å²) in [6.45, 7) is 0. The molecule has 0 aromatic carbocycles. The third-order valence-electron chi connectivity index (χ3n) is 1.92. The second-order valence-electron chi connectivity index (χ2n) is 3.34. The van der Waals surface area contributed by atoms with Crippen LogP contribution in [-0.2, 0) is 22.4 Å². The van der Waals surface area contributed by atoms with Crippen LogP contribution in [0.25, 0.3) is 0 Å². The van der Waals surface area contributed by atoms with Gasteiger partial charge >= 0.3 is 36.0 Å². The number of rotatable bonds is 4. The maximum absolute atomic E-state index is 12.4. The molecule has 21 heavy (non-hydrogen) atoms. The normalized spacial score (nSPS) is 15.7. The smallest absolute Gasteiger partial charge is 0.331 e. The van der Waals surface area contributed by atoms with Crippen molar-refractivity contribution in [2.75, 3.05) is 0 Å². The Morgan fingerprint density at radius 1 is 0.429 bits per heavy atom. The van der Waals surface area contributed by atoms with E-state index in [1.807, 2.05) is 0 Å². The molecule has 0 aliphatic rings. The summed E-state index contributed by atoms with van der Waals surface area (Å²) in [6.07, 6.45) is -14.4. The Balaban J connectivity index is 0. The van der Waals surface area contributed by atoms with Gasteiger partial charge in [0.25, 0.3) is 0 Å². The van der Waals surface area contributed by atoms with Crippen molar-refractivity contribution in [2.24, 2.45) is 0 Å². The minimum Gasteiger partial charge on any atom is -0.331 e. The third kappa shape index (κ3) is 3.12. The zero-order valence-corrected chi connectivity index (χ0v) is 10.1.